The van der Waals surface area contributed by atoms with E-state index in [1.807, 2.05) is 0 Å². The molecule has 0 radical (unpaired) electrons. The molecule has 2 N–H and O–H groups in total. The third-order valence-electron chi connectivity index (χ3n) is 3.22. The summed E-state index contributed by atoms with van der Waals surface area (Å²) in [6, 6.07) is 7.94. The number of rotatable bonds is 4. The number of nitrogens with one attached hydrogen (secondary N) is 1. The predicted molar refractivity (Wildman–Crippen MR) is 84.2 cm³/mol. The van der Waals surface area contributed by atoms with Crippen molar-refractivity contribution in [2.24, 2.45) is 0 Å². The summed E-state index contributed by atoms with van der Waals surface area (Å²) < 4.78 is 0. The zero-order valence-electron chi connectivity index (χ0n) is 11.9. The zero-order valence-corrected chi connectivity index (χ0v) is 12.6. The first kappa shape index (κ1) is 16.4. The van der Waals surface area contributed by atoms with Gasteiger partial charge in [-0.05, 0) is 30.7 Å². The molecule has 2 rings (SSSR count). The number of carbonyl (C=O) groups is 2. The van der Waals surface area contributed by atoms with Crippen LogP contribution < -0.4 is 5.32 Å². The fraction of sp³-hybridized carbons (Fsp3) is 0.0667. The number of nitro groups is 1. The Balaban J connectivity index is 2.37. The molecule has 118 valence electrons. The fourth-order valence-corrected chi connectivity index (χ4v) is 2.20. The van der Waals surface area contributed by atoms with Gasteiger partial charge in [0.1, 0.15) is 0 Å². The molecule has 1 amide bonds. The van der Waals surface area contributed by atoms with Gasteiger partial charge in [-0.2, -0.15) is 0 Å². The van der Waals surface area contributed by atoms with Crippen LogP contribution in [0.3, 0.4) is 0 Å². The fourth-order valence-electron chi connectivity index (χ4n) is 1.99. The SMILES string of the molecule is Cc1c(NC(=O)c2cc([N+](=O)[O-])ccc2Cl)cccc1C(=O)O. The molecule has 0 bridgehead atoms. The van der Waals surface area contributed by atoms with Gasteiger partial charge >= 0.3 is 5.97 Å². The summed E-state index contributed by atoms with van der Waals surface area (Å²) in [7, 11) is 0. The molecule has 0 aliphatic heterocycles. The van der Waals surface area contributed by atoms with E-state index in [4.69, 9.17) is 16.7 Å². The molecule has 0 aliphatic carbocycles. The Morgan fingerprint density at radius 3 is 2.52 bits per heavy atom. The Bertz CT molecular complexity index is 820. The van der Waals surface area contributed by atoms with Gasteiger partial charge in [0.2, 0.25) is 0 Å². The van der Waals surface area contributed by atoms with Crippen LogP contribution in [-0.2, 0) is 0 Å². The number of anilines is 1. The smallest absolute Gasteiger partial charge is 0.336 e. The van der Waals surface area contributed by atoms with Crippen molar-refractivity contribution in [2.75, 3.05) is 5.32 Å². The number of carboxylic acid groups (broad SMARTS) is 1. The van der Waals surface area contributed by atoms with Gasteiger partial charge < -0.3 is 10.4 Å². The summed E-state index contributed by atoms with van der Waals surface area (Å²) in [5.41, 5.74) is 0.372. The third kappa shape index (κ3) is 3.46. The first-order valence-electron chi connectivity index (χ1n) is 6.39. The van der Waals surface area contributed by atoms with Gasteiger partial charge in [0.05, 0.1) is 21.1 Å². The number of nitro benzene ring substituents is 1. The number of nitrogens with zero attached hydrogens (tertiary/aromatic N) is 1. The third-order valence-corrected chi connectivity index (χ3v) is 3.55. The van der Waals surface area contributed by atoms with Crippen molar-refractivity contribution in [3.8, 4) is 0 Å². The van der Waals surface area contributed by atoms with Crippen molar-refractivity contribution in [1.82, 2.24) is 0 Å². The Labute approximate surface area is 135 Å². The van der Waals surface area contributed by atoms with Crippen LogP contribution in [0.25, 0.3) is 0 Å². The molecule has 7 nitrogen and oxygen atoms in total. The van der Waals surface area contributed by atoms with E-state index in [9.17, 15) is 19.7 Å². The summed E-state index contributed by atoms with van der Waals surface area (Å²) in [6.45, 7) is 1.55. The number of non-ortho nitro benzene ring substituents is 1. The number of benzene rings is 2. The summed E-state index contributed by atoms with van der Waals surface area (Å²) in [6.07, 6.45) is 0. The van der Waals surface area contributed by atoms with E-state index >= 15 is 0 Å². The van der Waals surface area contributed by atoms with Crippen molar-refractivity contribution in [3.63, 3.8) is 0 Å². The summed E-state index contributed by atoms with van der Waals surface area (Å²) in [5, 5.41) is 22.4. The minimum atomic E-state index is -1.12. The second kappa shape index (κ2) is 6.45. The lowest BCUT2D eigenvalue weighted by molar-refractivity contribution is -0.384. The first-order valence-corrected chi connectivity index (χ1v) is 6.77. The van der Waals surface area contributed by atoms with Crippen LogP contribution in [0.5, 0.6) is 0 Å². The van der Waals surface area contributed by atoms with E-state index in [0.29, 0.717) is 5.56 Å². The lowest BCUT2D eigenvalue weighted by Crippen LogP contribution is -2.15. The topological polar surface area (TPSA) is 110 Å². The molecule has 8 heteroatoms. The largest absolute Gasteiger partial charge is 0.478 e. The number of hydrogen-bond acceptors (Lipinski definition) is 4. The van der Waals surface area contributed by atoms with Gasteiger partial charge in [0.15, 0.2) is 0 Å². The number of carbonyl (C=O) groups excluding carboxylic acids is 1. The average Bonchev–Trinajstić information content (AvgIpc) is 2.49. The van der Waals surface area contributed by atoms with E-state index in [2.05, 4.69) is 5.32 Å². The highest BCUT2D eigenvalue weighted by molar-refractivity contribution is 6.34. The molecule has 0 saturated heterocycles. The molecule has 0 fully saturated rings. The Morgan fingerprint density at radius 1 is 1.22 bits per heavy atom. The summed E-state index contributed by atoms with van der Waals surface area (Å²) in [4.78, 5) is 33.5. The summed E-state index contributed by atoms with van der Waals surface area (Å²) in [5.74, 6) is -1.78. The van der Waals surface area contributed by atoms with Crippen molar-refractivity contribution in [1.29, 1.82) is 0 Å². The van der Waals surface area contributed by atoms with E-state index in [0.717, 1.165) is 6.07 Å². The van der Waals surface area contributed by atoms with Gasteiger partial charge in [-0.3, -0.25) is 14.9 Å². The minimum Gasteiger partial charge on any atom is -0.478 e. The van der Waals surface area contributed by atoms with Gasteiger partial charge in [-0.15, -0.1) is 0 Å². The van der Waals surface area contributed by atoms with E-state index in [1.165, 1.54) is 30.3 Å². The number of hydrogen-bond donors (Lipinski definition) is 2. The van der Waals surface area contributed by atoms with E-state index in [-0.39, 0.29) is 27.5 Å². The number of aromatic carboxylic acids is 1. The molecule has 0 aromatic heterocycles. The lowest BCUT2D eigenvalue weighted by Gasteiger charge is -2.11. The molecule has 0 unspecified atom stereocenters. The molecule has 2 aromatic rings. The van der Waals surface area contributed by atoms with Crippen LogP contribution in [0.15, 0.2) is 36.4 Å². The van der Waals surface area contributed by atoms with Crippen LogP contribution in [0.4, 0.5) is 11.4 Å². The first-order chi connectivity index (χ1) is 10.8. The van der Waals surface area contributed by atoms with Crippen molar-refractivity contribution < 1.29 is 19.6 Å². The van der Waals surface area contributed by atoms with Crippen molar-refractivity contribution in [2.45, 2.75) is 6.92 Å². The van der Waals surface area contributed by atoms with Crippen molar-refractivity contribution in [3.05, 3.63) is 68.2 Å². The highest BCUT2D eigenvalue weighted by Gasteiger charge is 2.18. The molecule has 23 heavy (non-hydrogen) atoms. The Hall–Kier alpha value is -2.93. The minimum absolute atomic E-state index is 0.0490. The van der Waals surface area contributed by atoms with Crippen LogP contribution >= 0.6 is 11.6 Å². The molecule has 0 saturated carbocycles. The maximum absolute atomic E-state index is 12.3. The van der Waals surface area contributed by atoms with E-state index in [1.54, 1.807) is 6.92 Å². The highest BCUT2D eigenvalue weighted by atomic mass is 35.5. The predicted octanol–water partition coefficient (Wildman–Crippen LogP) is 3.51. The van der Waals surface area contributed by atoms with Gasteiger partial charge in [0, 0.05) is 17.8 Å². The van der Waals surface area contributed by atoms with Gasteiger partial charge in [-0.1, -0.05) is 17.7 Å². The standard InChI is InChI=1S/C15H11ClN2O5/c1-8-10(15(20)21)3-2-4-13(8)17-14(19)11-7-9(18(22)23)5-6-12(11)16/h2-7H,1H3,(H,17,19)(H,20,21). The number of amides is 1. The molecule has 2 aromatic carbocycles. The van der Waals surface area contributed by atoms with Crippen LogP contribution in [-0.4, -0.2) is 21.9 Å². The molecule has 0 aliphatic rings. The van der Waals surface area contributed by atoms with Crippen LogP contribution in [0, 0.1) is 17.0 Å². The summed E-state index contributed by atoms with van der Waals surface area (Å²) >= 11 is 5.91. The number of carboxylic acids is 1. The lowest BCUT2D eigenvalue weighted by atomic mass is 10.1. The molecule has 0 heterocycles. The van der Waals surface area contributed by atoms with Crippen LogP contribution in [0.1, 0.15) is 26.3 Å². The highest BCUT2D eigenvalue weighted by Crippen LogP contribution is 2.25. The number of halogens is 1. The van der Waals surface area contributed by atoms with Gasteiger partial charge in [-0.25, -0.2) is 4.79 Å². The second-order valence-electron chi connectivity index (χ2n) is 4.66. The molecular formula is C15H11ClN2O5. The van der Waals surface area contributed by atoms with Crippen LogP contribution in [0.2, 0.25) is 5.02 Å². The maximum Gasteiger partial charge on any atom is 0.336 e. The quantitative estimate of drug-likeness (QED) is 0.656. The van der Waals surface area contributed by atoms with E-state index < -0.39 is 16.8 Å². The normalized spacial score (nSPS) is 10.2. The molecule has 0 spiro atoms. The van der Waals surface area contributed by atoms with Gasteiger partial charge in [0.25, 0.3) is 11.6 Å². The van der Waals surface area contributed by atoms with Crippen molar-refractivity contribution >= 4 is 34.9 Å². The maximum atomic E-state index is 12.3. The molecule has 0 atom stereocenters. The Kier molecular flexibility index (Phi) is 4.61. The Morgan fingerprint density at radius 2 is 1.91 bits per heavy atom. The monoisotopic (exact) mass is 334 g/mol. The molecular weight excluding hydrogens is 324 g/mol. The zero-order chi connectivity index (χ0) is 17.1. The average molecular weight is 335 g/mol. The second-order valence-corrected chi connectivity index (χ2v) is 5.07.